The van der Waals surface area contributed by atoms with Crippen molar-refractivity contribution < 1.29 is 4.79 Å². The molecule has 0 saturated carbocycles. The number of carbonyl (C=O) groups excluding carboxylic acids is 1. The molecule has 1 amide bonds. The number of aryl methyl sites for hydroxylation is 1. The summed E-state index contributed by atoms with van der Waals surface area (Å²) in [4.78, 5) is 24.1. The molecule has 1 N–H and O–H groups in total. The predicted molar refractivity (Wildman–Crippen MR) is 95.6 cm³/mol. The van der Waals surface area contributed by atoms with Crippen LogP contribution in [0.25, 0.3) is 0 Å². The van der Waals surface area contributed by atoms with Crippen molar-refractivity contribution in [3.63, 3.8) is 0 Å². The van der Waals surface area contributed by atoms with Crippen LogP contribution < -0.4 is 10.2 Å². The summed E-state index contributed by atoms with van der Waals surface area (Å²) < 4.78 is 0. The van der Waals surface area contributed by atoms with Crippen LogP contribution in [0.4, 0.5) is 17.3 Å². The molecule has 126 valence electrons. The molecule has 3 rings (SSSR count). The van der Waals surface area contributed by atoms with Gasteiger partial charge < -0.3 is 15.1 Å². The summed E-state index contributed by atoms with van der Waals surface area (Å²) in [5.74, 6) is 1.80. The normalized spacial score (nSPS) is 14.6. The van der Waals surface area contributed by atoms with Crippen molar-refractivity contribution in [3.8, 4) is 0 Å². The van der Waals surface area contributed by atoms with Gasteiger partial charge in [-0.25, -0.2) is 9.97 Å². The third-order valence-corrected chi connectivity index (χ3v) is 4.34. The van der Waals surface area contributed by atoms with Crippen molar-refractivity contribution in [3.05, 3.63) is 42.2 Å². The fourth-order valence-corrected chi connectivity index (χ4v) is 2.81. The predicted octanol–water partition coefficient (Wildman–Crippen LogP) is 2.45. The average Bonchev–Trinajstić information content (AvgIpc) is 2.63. The lowest BCUT2D eigenvalue weighted by Crippen LogP contribution is -2.48. The Hall–Kier alpha value is -2.63. The zero-order valence-corrected chi connectivity index (χ0v) is 14.2. The zero-order chi connectivity index (χ0) is 16.9. The van der Waals surface area contributed by atoms with E-state index in [1.54, 1.807) is 13.3 Å². The SMILES string of the molecule is CCc1ccc(Nc2cc(N3CCN(C(C)=O)CC3)ncn2)cc1. The number of benzene rings is 1. The molecule has 2 heterocycles. The van der Waals surface area contributed by atoms with Gasteiger partial charge in [-0.2, -0.15) is 0 Å². The van der Waals surface area contributed by atoms with E-state index in [9.17, 15) is 4.79 Å². The largest absolute Gasteiger partial charge is 0.353 e. The first-order valence-electron chi connectivity index (χ1n) is 8.34. The van der Waals surface area contributed by atoms with Gasteiger partial charge in [0, 0.05) is 44.9 Å². The number of aromatic nitrogens is 2. The molecule has 0 spiro atoms. The summed E-state index contributed by atoms with van der Waals surface area (Å²) in [6.45, 7) is 6.82. The summed E-state index contributed by atoms with van der Waals surface area (Å²) in [6, 6.07) is 10.3. The first-order valence-corrected chi connectivity index (χ1v) is 8.34. The van der Waals surface area contributed by atoms with Crippen LogP contribution in [0, 0.1) is 0 Å². The maximum Gasteiger partial charge on any atom is 0.219 e. The number of hydrogen-bond acceptors (Lipinski definition) is 5. The molecule has 1 aromatic heterocycles. The fraction of sp³-hybridized carbons (Fsp3) is 0.389. The van der Waals surface area contributed by atoms with Gasteiger partial charge in [0.1, 0.15) is 18.0 Å². The van der Waals surface area contributed by atoms with Crippen molar-refractivity contribution in [2.45, 2.75) is 20.3 Å². The molecule has 0 atom stereocenters. The number of nitrogens with one attached hydrogen (secondary N) is 1. The molecule has 2 aromatic rings. The monoisotopic (exact) mass is 325 g/mol. The van der Waals surface area contributed by atoms with Crippen LogP contribution >= 0.6 is 0 Å². The van der Waals surface area contributed by atoms with Gasteiger partial charge in [0.2, 0.25) is 5.91 Å². The quantitative estimate of drug-likeness (QED) is 0.935. The summed E-state index contributed by atoms with van der Waals surface area (Å²) >= 11 is 0. The highest BCUT2D eigenvalue weighted by Gasteiger charge is 2.19. The number of anilines is 3. The van der Waals surface area contributed by atoms with Crippen LogP contribution in [0.5, 0.6) is 0 Å². The highest BCUT2D eigenvalue weighted by atomic mass is 16.2. The number of piperazine rings is 1. The second-order valence-corrected chi connectivity index (χ2v) is 5.93. The summed E-state index contributed by atoms with van der Waals surface area (Å²) in [7, 11) is 0. The number of carbonyl (C=O) groups is 1. The van der Waals surface area contributed by atoms with Crippen LogP contribution in [0.3, 0.4) is 0 Å². The zero-order valence-electron chi connectivity index (χ0n) is 14.2. The van der Waals surface area contributed by atoms with E-state index in [-0.39, 0.29) is 5.91 Å². The van der Waals surface area contributed by atoms with Crippen molar-refractivity contribution >= 4 is 23.2 Å². The third kappa shape index (κ3) is 3.82. The first-order chi connectivity index (χ1) is 11.7. The summed E-state index contributed by atoms with van der Waals surface area (Å²) in [6.07, 6.45) is 2.61. The molecule has 1 aliphatic heterocycles. The highest BCUT2D eigenvalue weighted by molar-refractivity contribution is 5.73. The molecule has 0 radical (unpaired) electrons. The molecule has 1 fully saturated rings. The Kier molecular flexibility index (Phi) is 4.93. The molecular weight excluding hydrogens is 302 g/mol. The third-order valence-electron chi connectivity index (χ3n) is 4.34. The minimum absolute atomic E-state index is 0.134. The number of amides is 1. The van der Waals surface area contributed by atoms with E-state index >= 15 is 0 Å². The summed E-state index contributed by atoms with van der Waals surface area (Å²) in [5.41, 5.74) is 2.32. The standard InChI is InChI=1S/C18H23N5O/c1-3-15-4-6-16(7-5-15)21-17-12-18(20-13-19-17)23-10-8-22(9-11-23)14(2)24/h4-7,12-13H,3,8-11H2,1-2H3,(H,19,20,21). The maximum absolute atomic E-state index is 11.4. The number of hydrogen-bond donors (Lipinski definition) is 1. The van der Waals surface area contributed by atoms with E-state index < -0.39 is 0 Å². The van der Waals surface area contributed by atoms with Crippen LogP contribution in [0.2, 0.25) is 0 Å². The van der Waals surface area contributed by atoms with E-state index in [0.717, 1.165) is 49.9 Å². The lowest BCUT2D eigenvalue weighted by Gasteiger charge is -2.34. The van der Waals surface area contributed by atoms with Gasteiger partial charge in [-0.3, -0.25) is 4.79 Å². The molecule has 0 unspecified atom stereocenters. The Balaban J connectivity index is 1.66. The van der Waals surface area contributed by atoms with Crippen molar-refractivity contribution in [2.24, 2.45) is 0 Å². The second-order valence-electron chi connectivity index (χ2n) is 5.93. The Bertz CT molecular complexity index is 693. The highest BCUT2D eigenvalue weighted by Crippen LogP contribution is 2.20. The van der Waals surface area contributed by atoms with Crippen molar-refractivity contribution in [1.29, 1.82) is 0 Å². The van der Waals surface area contributed by atoms with Crippen LogP contribution in [-0.2, 0) is 11.2 Å². The molecule has 1 aliphatic rings. The Morgan fingerprint density at radius 3 is 2.46 bits per heavy atom. The Morgan fingerprint density at radius 2 is 1.83 bits per heavy atom. The minimum atomic E-state index is 0.134. The second kappa shape index (κ2) is 7.29. The van der Waals surface area contributed by atoms with E-state index in [4.69, 9.17) is 0 Å². The Labute approximate surface area is 142 Å². The molecular formula is C18H23N5O. The lowest BCUT2D eigenvalue weighted by atomic mass is 10.1. The van der Waals surface area contributed by atoms with Gasteiger partial charge in [0.15, 0.2) is 0 Å². The maximum atomic E-state index is 11.4. The summed E-state index contributed by atoms with van der Waals surface area (Å²) in [5, 5.41) is 3.32. The van der Waals surface area contributed by atoms with E-state index in [0.29, 0.717) is 0 Å². The molecule has 1 saturated heterocycles. The lowest BCUT2D eigenvalue weighted by molar-refractivity contribution is -0.129. The average molecular weight is 325 g/mol. The smallest absolute Gasteiger partial charge is 0.219 e. The van der Waals surface area contributed by atoms with Crippen LogP contribution in [0.1, 0.15) is 19.4 Å². The Morgan fingerprint density at radius 1 is 1.12 bits per heavy atom. The number of rotatable bonds is 4. The van der Waals surface area contributed by atoms with Gasteiger partial charge in [-0.1, -0.05) is 19.1 Å². The van der Waals surface area contributed by atoms with Gasteiger partial charge >= 0.3 is 0 Å². The molecule has 0 aliphatic carbocycles. The van der Waals surface area contributed by atoms with Gasteiger partial charge in [0.05, 0.1) is 0 Å². The molecule has 0 bridgehead atoms. The van der Waals surface area contributed by atoms with Gasteiger partial charge in [0.25, 0.3) is 0 Å². The molecule has 24 heavy (non-hydrogen) atoms. The van der Waals surface area contributed by atoms with Crippen molar-refractivity contribution in [2.75, 3.05) is 36.4 Å². The van der Waals surface area contributed by atoms with E-state index in [2.05, 4.69) is 51.4 Å². The van der Waals surface area contributed by atoms with Crippen LogP contribution in [-0.4, -0.2) is 47.0 Å². The molecule has 1 aromatic carbocycles. The topological polar surface area (TPSA) is 61.4 Å². The van der Waals surface area contributed by atoms with Gasteiger partial charge in [-0.05, 0) is 24.1 Å². The van der Waals surface area contributed by atoms with E-state index in [1.165, 1.54) is 5.56 Å². The molecule has 6 nitrogen and oxygen atoms in total. The number of nitrogens with zero attached hydrogens (tertiary/aromatic N) is 4. The van der Waals surface area contributed by atoms with Gasteiger partial charge in [-0.15, -0.1) is 0 Å². The van der Waals surface area contributed by atoms with Crippen LogP contribution in [0.15, 0.2) is 36.7 Å². The minimum Gasteiger partial charge on any atom is -0.353 e. The van der Waals surface area contributed by atoms with E-state index in [1.807, 2.05) is 11.0 Å². The first kappa shape index (κ1) is 16.2. The fourth-order valence-electron chi connectivity index (χ4n) is 2.81. The molecule has 6 heteroatoms. The van der Waals surface area contributed by atoms with Crippen molar-refractivity contribution in [1.82, 2.24) is 14.9 Å².